The summed E-state index contributed by atoms with van der Waals surface area (Å²) >= 11 is 0. The second-order valence-corrected chi connectivity index (χ2v) is 5.28. The lowest BCUT2D eigenvalue weighted by Crippen LogP contribution is -2.38. The molecule has 0 saturated carbocycles. The molecule has 1 aromatic carbocycles. The molecule has 5 heteroatoms. The molecule has 0 aliphatic heterocycles. The highest BCUT2D eigenvalue weighted by Crippen LogP contribution is 2.40. The monoisotopic (exact) mass is 297 g/mol. The molecule has 0 fully saturated rings. The van der Waals surface area contributed by atoms with Gasteiger partial charge in [-0.1, -0.05) is 36.4 Å². The van der Waals surface area contributed by atoms with Crippen LogP contribution in [0.15, 0.2) is 42.5 Å². The standard InChI is InChI=1S/C17H15NO4/c1-11(19)22-17(16(20)21)10-9-15-13(17)7-8-14(18-15)12-5-3-2-4-6-12/h2-8H,9-10H2,1H3,(H,20,21). The molecule has 0 saturated heterocycles. The maximum atomic E-state index is 11.7. The molecule has 3 rings (SSSR count). The van der Waals surface area contributed by atoms with Crippen molar-refractivity contribution < 1.29 is 19.4 Å². The van der Waals surface area contributed by atoms with Crippen LogP contribution in [-0.2, 0) is 26.3 Å². The molecule has 0 amide bonds. The number of pyridine rings is 1. The first-order valence-electron chi connectivity index (χ1n) is 7.02. The van der Waals surface area contributed by atoms with E-state index in [-0.39, 0.29) is 6.42 Å². The highest BCUT2D eigenvalue weighted by atomic mass is 16.6. The Balaban J connectivity index is 2.06. The average Bonchev–Trinajstić information content (AvgIpc) is 2.87. The van der Waals surface area contributed by atoms with Gasteiger partial charge in [0.1, 0.15) is 0 Å². The van der Waals surface area contributed by atoms with E-state index in [2.05, 4.69) is 4.98 Å². The zero-order chi connectivity index (χ0) is 15.7. The predicted molar refractivity (Wildman–Crippen MR) is 79.1 cm³/mol. The predicted octanol–water partition coefficient (Wildman–Crippen LogP) is 2.54. The number of hydrogen-bond acceptors (Lipinski definition) is 4. The quantitative estimate of drug-likeness (QED) is 0.881. The Hall–Kier alpha value is -2.69. The van der Waals surface area contributed by atoms with Crippen molar-refractivity contribution in [2.45, 2.75) is 25.4 Å². The summed E-state index contributed by atoms with van der Waals surface area (Å²) in [6.45, 7) is 1.22. The van der Waals surface area contributed by atoms with E-state index in [1.54, 1.807) is 12.1 Å². The van der Waals surface area contributed by atoms with E-state index in [1.807, 2.05) is 30.3 Å². The fourth-order valence-electron chi connectivity index (χ4n) is 2.88. The first-order valence-corrected chi connectivity index (χ1v) is 7.02. The van der Waals surface area contributed by atoms with Gasteiger partial charge >= 0.3 is 11.9 Å². The van der Waals surface area contributed by atoms with Gasteiger partial charge in [0, 0.05) is 30.2 Å². The molecule has 1 N–H and O–H groups in total. The van der Waals surface area contributed by atoms with Gasteiger partial charge in [0.2, 0.25) is 5.60 Å². The van der Waals surface area contributed by atoms with Crippen LogP contribution in [-0.4, -0.2) is 22.0 Å². The molecule has 0 bridgehead atoms. The Morgan fingerprint density at radius 1 is 1.18 bits per heavy atom. The van der Waals surface area contributed by atoms with E-state index in [9.17, 15) is 14.7 Å². The van der Waals surface area contributed by atoms with Gasteiger partial charge < -0.3 is 9.84 Å². The van der Waals surface area contributed by atoms with Crippen molar-refractivity contribution in [2.24, 2.45) is 0 Å². The van der Waals surface area contributed by atoms with E-state index in [0.717, 1.165) is 11.3 Å². The van der Waals surface area contributed by atoms with Gasteiger partial charge in [0.05, 0.1) is 5.69 Å². The second kappa shape index (κ2) is 5.26. The summed E-state index contributed by atoms with van der Waals surface area (Å²) in [7, 11) is 0. The molecule has 1 aromatic heterocycles. The lowest BCUT2D eigenvalue weighted by Gasteiger charge is -2.24. The van der Waals surface area contributed by atoms with Gasteiger partial charge in [-0.3, -0.25) is 9.78 Å². The lowest BCUT2D eigenvalue weighted by atomic mass is 9.96. The van der Waals surface area contributed by atoms with E-state index < -0.39 is 17.5 Å². The highest BCUT2D eigenvalue weighted by Gasteiger charge is 2.49. The number of rotatable bonds is 3. The molecular weight excluding hydrogens is 282 g/mol. The fraction of sp³-hybridized carbons (Fsp3) is 0.235. The van der Waals surface area contributed by atoms with Gasteiger partial charge in [-0.05, 0) is 12.5 Å². The molecule has 112 valence electrons. The van der Waals surface area contributed by atoms with E-state index in [0.29, 0.717) is 17.7 Å². The first kappa shape index (κ1) is 14.3. The molecule has 1 atom stereocenters. The van der Waals surface area contributed by atoms with Crippen LogP contribution < -0.4 is 0 Å². The number of hydrogen-bond donors (Lipinski definition) is 1. The Labute approximate surface area is 127 Å². The van der Waals surface area contributed by atoms with Gasteiger partial charge in [0.25, 0.3) is 0 Å². The number of nitrogens with zero attached hydrogens (tertiary/aromatic N) is 1. The van der Waals surface area contributed by atoms with Crippen LogP contribution in [0.25, 0.3) is 11.3 Å². The van der Waals surface area contributed by atoms with Crippen LogP contribution in [0.3, 0.4) is 0 Å². The molecule has 0 spiro atoms. The van der Waals surface area contributed by atoms with Gasteiger partial charge in [-0.25, -0.2) is 4.79 Å². The highest BCUT2D eigenvalue weighted by molar-refractivity contribution is 5.84. The molecule has 1 aliphatic rings. The number of esters is 1. The third-order valence-electron chi connectivity index (χ3n) is 3.86. The number of benzene rings is 1. The zero-order valence-electron chi connectivity index (χ0n) is 12.1. The average molecular weight is 297 g/mol. The lowest BCUT2D eigenvalue weighted by molar-refractivity contribution is -0.178. The number of aryl methyl sites for hydroxylation is 1. The van der Waals surface area contributed by atoms with E-state index in [4.69, 9.17) is 4.74 Å². The number of carbonyl (C=O) groups excluding carboxylic acids is 1. The number of fused-ring (bicyclic) bond motifs is 1. The van der Waals surface area contributed by atoms with Crippen LogP contribution >= 0.6 is 0 Å². The summed E-state index contributed by atoms with van der Waals surface area (Å²) in [5.74, 6) is -1.77. The third kappa shape index (κ3) is 2.24. The van der Waals surface area contributed by atoms with Crippen molar-refractivity contribution in [3.63, 3.8) is 0 Å². The normalized spacial score (nSPS) is 19.5. The van der Waals surface area contributed by atoms with Crippen LogP contribution in [0.2, 0.25) is 0 Å². The number of carboxylic acids is 1. The fourth-order valence-corrected chi connectivity index (χ4v) is 2.88. The summed E-state index contributed by atoms with van der Waals surface area (Å²) in [6.07, 6.45) is 0.679. The van der Waals surface area contributed by atoms with Crippen molar-refractivity contribution in [2.75, 3.05) is 0 Å². The number of ether oxygens (including phenoxy) is 1. The number of aliphatic carboxylic acids is 1. The summed E-state index contributed by atoms with van der Waals surface area (Å²) in [5, 5.41) is 9.54. The van der Waals surface area contributed by atoms with E-state index in [1.165, 1.54) is 6.92 Å². The second-order valence-electron chi connectivity index (χ2n) is 5.28. The van der Waals surface area contributed by atoms with Gasteiger partial charge in [-0.15, -0.1) is 0 Å². The number of carboxylic acid groups (broad SMARTS) is 1. The number of carbonyl (C=O) groups is 2. The molecule has 2 aromatic rings. The zero-order valence-corrected chi connectivity index (χ0v) is 12.1. The molecule has 1 aliphatic carbocycles. The minimum absolute atomic E-state index is 0.211. The SMILES string of the molecule is CC(=O)OC1(C(=O)O)CCc2nc(-c3ccccc3)ccc21. The Morgan fingerprint density at radius 3 is 2.55 bits per heavy atom. The minimum Gasteiger partial charge on any atom is -0.478 e. The third-order valence-corrected chi connectivity index (χ3v) is 3.86. The molecule has 1 unspecified atom stereocenters. The summed E-state index contributed by atoms with van der Waals surface area (Å²) in [6, 6.07) is 13.1. The molecule has 22 heavy (non-hydrogen) atoms. The minimum atomic E-state index is -1.61. The summed E-state index contributed by atoms with van der Waals surface area (Å²) in [4.78, 5) is 27.5. The Kier molecular flexibility index (Phi) is 3.41. The maximum Gasteiger partial charge on any atom is 0.353 e. The summed E-state index contributed by atoms with van der Waals surface area (Å²) in [5.41, 5.74) is 1.28. The van der Waals surface area contributed by atoms with Crippen LogP contribution in [0, 0.1) is 0 Å². The molecule has 1 heterocycles. The van der Waals surface area contributed by atoms with Crippen molar-refractivity contribution >= 4 is 11.9 Å². The Bertz CT molecular complexity index is 742. The van der Waals surface area contributed by atoms with Crippen LogP contribution in [0.4, 0.5) is 0 Å². The largest absolute Gasteiger partial charge is 0.478 e. The summed E-state index contributed by atoms with van der Waals surface area (Å²) < 4.78 is 5.15. The van der Waals surface area contributed by atoms with Crippen LogP contribution in [0.5, 0.6) is 0 Å². The molecule has 0 radical (unpaired) electrons. The smallest absolute Gasteiger partial charge is 0.353 e. The van der Waals surface area contributed by atoms with Crippen molar-refractivity contribution in [1.29, 1.82) is 0 Å². The Morgan fingerprint density at radius 2 is 1.91 bits per heavy atom. The van der Waals surface area contributed by atoms with Crippen molar-refractivity contribution in [3.8, 4) is 11.3 Å². The van der Waals surface area contributed by atoms with Crippen molar-refractivity contribution in [3.05, 3.63) is 53.7 Å². The molecular formula is C17H15NO4. The maximum absolute atomic E-state index is 11.7. The van der Waals surface area contributed by atoms with Gasteiger partial charge in [0.15, 0.2) is 0 Å². The van der Waals surface area contributed by atoms with E-state index >= 15 is 0 Å². The van der Waals surface area contributed by atoms with Crippen LogP contribution in [0.1, 0.15) is 24.6 Å². The molecule has 5 nitrogen and oxygen atoms in total. The number of aromatic nitrogens is 1. The topological polar surface area (TPSA) is 76.5 Å². The van der Waals surface area contributed by atoms with Crippen molar-refractivity contribution in [1.82, 2.24) is 4.98 Å². The first-order chi connectivity index (χ1) is 10.5. The van der Waals surface area contributed by atoms with Gasteiger partial charge in [-0.2, -0.15) is 0 Å².